The van der Waals surface area contributed by atoms with E-state index in [4.69, 9.17) is 10.3 Å². The molecule has 2 aromatic carbocycles. The predicted molar refractivity (Wildman–Crippen MR) is 105 cm³/mol. The van der Waals surface area contributed by atoms with Gasteiger partial charge in [-0.05, 0) is 65.5 Å². The number of benzene rings is 2. The molecule has 0 heterocycles. The number of hydrogen-bond donors (Lipinski definition) is 0. The van der Waals surface area contributed by atoms with Gasteiger partial charge in [-0.1, -0.05) is 48.5 Å². The molecule has 6 heteroatoms. The van der Waals surface area contributed by atoms with E-state index in [1.807, 2.05) is 36.4 Å². The molecule has 6 nitrogen and oxygen atoms in total. The highest BCUT2D eigenvalue weighted by Gasteiger charge is 2.34. The molecule has 0 spiro atoms. The summed E-state index contributed by atoms with van der Waals surface area (Å²) in [6, 6.07) is 16.1. The van der Waals surface area contributed by atoms with Crippen LogP contribution in [0.3, 0.4) is 0 Å². The number of rotatable bonds is 3. The van der Waals surface area contributed by atoms with Crippen LogP contribution in [0.15, 0.2) is 53.6 Å². The van der Waals surface area contributed by atoms with Crippen LogP contribution in [0.1, 0.15) is 29.2 Å². The van der Waals surface area contributed by atoms with E-state index in [2.05, 4.69) is 22.2 Å². The number of aryl methyl sites for hydroxylation is 2. The van der Waals surface area contributed by atoms with Crippen LogP contribution < -0.4 is 0 Å². The average molecular weight is 377 g/mol. The summed E-state index contributed by atoms with van der Waals surface area (Å²) in [5.74, 6) is -2.56. The Morgan fingerprint density at radius 1 is 0.929 bits per heavy atom. The SMILES string of the molecule is CCOC(=O)[C@@H]1Cc2ccc(cc2)CCc2ccc(cc2)C[C@H]1C(=O)N=[N+]=[N-]. The molecule has 28 heavy (non-hydrogen) atoms. The zero-order valence-corrected chi connectivity index (χ0v) is 15.9. The first-order valence-electron chi connectivity index (χ1n) is 9.52. The number of carbonyl (C=O) groups excluding carboxylic acids is 2. The predicted octanol–water partition coefficient (Wildman–Crippen LogP) is 4.20. The number of hydrogen-bond acceptors (Lipinski definition) is 3. The van der Waals surface area contributed by atoms with E-state index in [9.17, 15) is 9.59 Å². The summed E-state index contributed by atoms with van der Waals surface area (Å²) < 4.78 is 5.25. The number of ether oxygens (including phenoxy) is 1. The van der Waals surface area contributed by atoms with Crippen molar-refractivity contribution in [1.29, 1.82) is 0 Å². The van der Waals surface area contributed by atoms with Crippen LogP contribution in [-0.4, -0.2) is 18.5 Å². The van der Waals surface area contributed by atoms with E-state index in [-0.39, 0.29) is 6.61 Å². The van der Waals surface area contributed by atoms with Gasteiger partial charge in [0.1, 0.15) is 0 Å². The molecular weight excluding hydrogens is 354 g/mol. The maximum Gasteiger partial charge on any atom is 0.310 e. The third-order valence-electron chi connectivity index (χ3n) is 5.20. The van der Waals surface area contributed by atoms with Gasteiger partial charge in [-0.2, -0.15) is 0 Å². The van der Waals surface area contributed by atoms with Gasteiger partial charge in [0.25, 0.3) is 0 Å². The van der Waals surface area contributed by atoms with Crippen molar-refractivity contribution in [1.82, 2.24) is 0 Å². The fraction of sp³-hybridized carbons (Fsp3) is 0.364. The van der Waals surface area contributed by atoms with Crippen molar-refractivity contribution in [2.24, 2.45) is 17.0 Å². The number of esters is 1. The van der Waals surface area contributed by atoms with Gasteiger partial charge in [0.2, 0.25) is 5.91 Å². The lowest BCUT2D eigenvalue weighted by atomic mass is 9.81. The van der Waals surface area contributed by atoms with Crippen LogP contribution in [0.2, 0.25) is 0 Å². The Labute approximate surface area is 164 Å². The molecule has 144 valence electrons. The minimum Gasteiger partial charge on any atom is -0.466 e. The first-order valence-corrected chi connectivity index (χ1v) is 9.52. The Bertz CT molecular complexity index is 884. The molecule has 4 aliphatic carbocycles. The smallest absolute Gasteiger partial charge is 0.310 e. The third-order valence-corrected chi connectivity index (χ3v) is 5.20. The molecule has 0 aromatic heterocycles. The molecule has 1 amide bonds. The van der Waals surface area contributed by atoms with E-state index >= 15 is 0 Å². The number of azide groups is 1. The molecule has 0 unspecified atom stereocenters. The minimum absolute atomic E-state index is 0.228. The van der Waals surface area contributed by atoms with Crippen molar-refractivity contribution in [3.8, 4) is 0 Å². The minimum atomic E-state index is -0.775. The molecule has 0 N–H and O–H groups in total. The van der Waals surface area contributed by atoms with Gasteiger partial charge in [-0.3, -0.25) is 9.59 Å². The second kappa shape index (κ2) is 9.20. The van der Waals surface area contributed by atoms with Crippen LogP contribution >= 0.6 is 0 Å². The maximum atomic E-state index is 12.7. The molecule has 0 radical (unpaired) electrons. The zero-order chi connectivity index (χ0) is 19.9. The van der Waals surface area contributed by atoms with Crippen LogP contribution in [0.4, 0.5) is 0 Å². The molecule has 6 rings (SSSR count). The summed E-state index contributed by atoms with van der Waals surface area (Å²) in [5.41, 5.74) is 13.1. The van der Waals surface area contributed by atoms with E-state index in [0.717, 1.165) is 24.0 Å². The summed E-state index contributed by atoms with van der Waals surface area (Å²) in [4.78, 5) is 28.0. The van der Waals surface area contributed by atoms with Crippen LogP contribution in [0.5, 0.6) is 0 Å². The van der Waals surface area contributed by atoms with Crippen molar-refractivity contribution in [3.05, 3.63) is 81.2 Å². The summed E-state index contributed by atoms with van der Waals surface area (Å²) in [7, 11) is 0. The van der Waals surface area contributed by atoms with Crippen LogP contribution in [0, 0.1) is 11.8 Å². The molecule has 0 saturated heterocycles. The van der Waals surface area contributed by atoms with Gasteiger partial charge in [-0.25, -0.2) is 0 Å². The number of amides is 1. The third kappa shape index (κ3) is 4.78. The van der Waals surface area contributed by atoms with Crippen molar-refractivity contribution in [3.63, 3.8) is 0 Å². The van der Waals surface area contributed by atoms with Gasteiger partial charge < -0.3 is 4.74 Å². The molecule has 2 aromatic rings. The molecule has 0 aliphatic heterocycles. The molecule has 0 saturated carbocycles. The second-order valence-corrected chi connectivity index (χ2v) is 7.03. The average Bonchev–Trinajstić information content (AvgIpc) is 2.71. The van der Waals surface area contributed by atoms with Gasteiger partial charge >= 0.3 is 5.97 Å². The fourth-order valence-corrected chi connectivity index (χ4v) is 3.64. The Morgan fingerprint density at radius 2 is 1.39 bits per heavy atom. The zero-order valence-electron chi connectivity index (χ0n) is 15.9. The normalized spacial score (nSPS) is 18.8. The fourth-order valence-electron chi connectivity index (χ4n) is 3.64. The standard InChI is InChI=1S/C22H23N3O3/c1-2-28-22(27)20-14-18-11-7-16(8-12-18)4-3-15-5-9-17(10-6-15)13-19(20)21(26)24-25-23/h5-12,19-20H,2-4,13-14H2,1H3/t19-,20-/m1/s1. The van der Waals surface area contributed by atoms with E-state index in [0.29, 0.717) is 12.8 Å². The Balaban J connectivity index is 2.06. The lowest BCUT2D eigenvalue weighted by Gasteiger charge is -2.24. The van der Waals surface area contributed by atoms with E-state index < -0.39 is 23.7 Å². The van der Waals surface area contributed by atoms with Crippen molar-refractivity contribution in [2.45, 2.75) is 32.6 Å². The molecule has 2 atom stereocenters. The Hall–Kier alpha value is -3.11. The highest BCUT2D eigenvalue weighted by molar-refractivity contribution is 5.86. The van der Waals surface area contributed by atoms with Crippen molar-refractivity contribution < 1.29 is 14.3 Å². The summed E-state index contributed by atoms with van der Waals surface area (Å²) in [6.45, 7) is 1.96. The topological polar surface area (TPSA) is 92.1 Å². The Morgan fingerprint density at radius 3 is 1.86 bits per heavy atom. The van der Waals surface area contributed by atoms with Crippen molar-refractivity contribution in [2.75, 3.05) is 6.61 Å². The largest absolute Gasteiger partial charge is 0.466 e. The van der Waals surface area contributed by atoms with Crippen molar-refractivity contribution >= 4 is 11.9 Å². The lowest BCUT2D eigenvalue weighted by molar-refractivity contribution is -0.152. The van der Waals surface area contributed by atoms with Gasteiger partial charge in [0, 0.05) is 10.8 Å². The highest BCUT2D eigenvalue weighted by Crippen LogP contribution is 2.26. The van der Waals surface area contributed by atoms with Crippen LogP contribution in [0.25, 0.3) is 10.4 Å². The Kier molecular flexibility index (Phi) is 6.45. The second-order valence-electron chi connectivity index (χ2n) is 7.03. The van der Waals surface area contributed by atoms with E-state index in [1.165, 1.54) is 11.1 Å². The van der Waals surface area contributed by atoms with Crippen LogP contribution in [-0.2, 0) is 40.0 Å². The molecule has 4 bridgehead atoms. The van der Waals surface area contributed by atoms with E-state index in [1.54, 1.807) is 6.92 Å². The van der Waals surface area contributed by atoms with Gasteiger partial charge in [0.05, 0.1) is 12.5 Å². The molecular formula is C22H23N3O3. The number of nitrogens with zero attached hydrogens (tertiary/aromatic N) is 3. The monoisotopic (exact) mass is 377 g/mol. The quantitative estimate of drug-likeness (QED) is 0.347. The first kappa shape index (κ1) is 19.6. The molecule has 0 fully saturated rings. The first-order chi connectivity index (χ1) is 13.6. The summed E-state index contributed by atoms with van der Waals surface area (Å²) >= 11 is 0. The summed E-state index contributed by atoms with van der Waals surface area (Å²) in [6.07, 6.45) is 2.55. The lowest BCUT2D eigenvalue weighted by Crippen LogP contribution is -2.34. The molecule has 4 aliphatic rings. The summed E-state index contributed by atoms with van der Waals surface area (Å²) in [5, 5.41) is 3.30. The van der Waals surface area contributed by atoms with Gasteiger partial charge in [0.15, 0.2) is 0 Å². The highest BCUT2D eigenvalue weighted by atomic mass is 16.5. The maximum absolute atomic E-state index is 12.7. The van der Waals surface area contributed by atoms with Gasteiger partial charge in [-0.15, -0.1) is 0 Å². The number of carbonyl (C=O) groups is 2.